The Labute approximate surface area is 197 Å². The molecule has 0 bridgehead atoms. The third-order valence-electron chi connectivity index (χ3n) is 6.70. The minimum Gasteiger partial charge on any atom is -0.369 e. The van der Waals surface area contributed by atoms with Gasteiger partial charge < -0.3 is 9.47 Å². The second-order valence-electron chi connectivity index (χ2n) is 8.89. The van der Waals surface area contributed by atoms with Crippen LogP contribution in [0.5, 0.6) is 0 Å². The van der Waals surface area contributed by atoms with E-state index in [0.29, 0.717) is 42.2 Å². The standard InChI is InChI=1S/C25H29F2N5S/c26-22-15-24(30-12-9-21(10-13-30)31-17-28-29-18-31)23(27)14-20(22)16-32-11-5-4-8-25(33-32)19-6-2-1-3-7-19/h1-3,6-7,14-15,17-18,21,25H,4-5,8-13,16H2/t25-/m0/s1. The van der Waals surface area contributed by atoms with Crippen molar-refractivity contribution in [1.82, 2.24) is 19.1 Å². The van der Waals surface area contributed by atoms with Crippen LogP contribution in [0.4, 0.5) is 14.5 Å². The molecular weight excluding hydrogens is 440 g/mol. The predicted octanol–water partition coefficient (Wildman–Crippen LogP) is 5.77. The van der Waals surface area contributed by atoms with E-state index in [1.54, 1.807) is 24.6 Å². The molecule has 0 saturated carbocycles. The molecule has 8 heteroatoms. The summed E-state index contributed by atoms with van der Waals surface area (Å²) in [6.45, 7) is 2.65. The molecule has 1 aromatic heterocycles. The number of hydrogen-bond donors (Lipinski definition) is 0. The molecule has 0 N–H and O–H groups in total. The minimum atomic E-state index is -0.339. The molecule has 1 atom stereocenters. The van der Waals surface area contributed by atoms with Gasteiger partial charge in [-0.15, -0.1) is 10.2 Å². The van der Waals surface area contributed by atoms with Gasteiger partial charge in [-0.3, -0.25) is 0 Å². The molecule has 0 radical (unpaired) electrons. The average molecular weight is 470 g/mol. The van der Waals surface area contributed by atoms with Gasteiger partial charge in [0.15, 0.2) is 0 Å². The number of anilines is 1. The molecule has 0 amide bonds. The van der Waals surface area contributed by atoms with Crippen molar-refractivity contribution in [3.8, 4) is 0 Å². The zero-order valence-corrected chi connectivity index (χ0v) is 19.4. The molecule has 2 fully saturated rings. The van der Waals surface area contributed by atoms with Crippen molar-refractivity contribution in [3.05, 3.63) is 77.9 Å². The number of hydrogen-bond acceptors (Lipinski definition) is 5. The summed E-state index contributed by atoms with van der Waals surface area (Å²) in [6, 6.07) is 13.6. The van der Waals surface area contributed by atoms with E-state index >= 15 is 8.78 Å². The molecule has 5 nitrogen and oxygen atoms in total. The Hall–Kier alpha value is -2.45. The molecule has 0 aliphatic carbocycles. The summed E-state index contributed by atoms with van der Waals surface area (Å²) in [6.07, 6.45) is 8.46. The van der Waals surface area contributed by atoms with E-state index in [-0.39, 0.29) is 11.6 Å². The van der Waals surface area contributed by atoms with Crippen LogP contribution in [-0.4, -0.2) is 38.7 Å². The maximum atomic E-state index is 15.1. The van der Waals surface area contributed by atoms with Crippen molar-refractivity contribution in [2.24, 2.45) is 0 Å². The predicted molar refractivity (Wildman–Crippen MR) is 128 cm³/mol. The van der Waals surface area contributed by atoms with Crippen LogP contribution in [0.25, 0.3) is 0 Å². The molecule has 33 heavy (non-hydrogen) atoms. The Bertz CT molecular complexity index is 1040. The molecule has 5 rings (SSSR count). The van der Waals surface area contributed by atoms with Crippen LogP contribution >= 0.6 is 11.9 Å². The lowest BCUT2D eigenvalue weighted by atomic mass is 10.0. The molecule has 2 aliphatic heterocycles. The van der Waals surface area contributed by atoms with Crippen LogP contribution in [0.1, 0.15) is 54.5 Å². The van der Waals surface area contributed by atoms with Crippen molar-refractivity contribution < 1.29 is 8.78 Å². The van der Waals surface area contributed by atoms with Gasteiger partial charge in [-0.2, -0.15) is 0 Å². The van der Waals surface area contributed by atoms with Gasteiger partial charge >= 0.3 is 0 Å². The van der Waals surface area contributed by atoms with E-state index in [1.165, 1.54) is 17.7 Å². The summed E-state index contributed by atoms with van der Waals surface area (Å²) in [5.74, 6) is -0.665. The van der Waals surface area contributed by atoms with Crippen LogP contribution in [0.3, 0.4) is 0 Å². The fourth-order valence-corrected chi connectivity index (χ4v) is 6.21. The van der Waals surface area contributed by atoms with Gasteiger partial charge in [-0.1, -0.05) is 48.7 Å². The summed E-state index contributed by atoms with van der Waals surface area (Å²) in [5, 5.41) is 8.09. The van der Waals surface area contributed by atoms with Gasteiger partial charge in [0, 0.05) is 49.1 Å². The summed E-state index contributed by atoms with van der Waals surface area (Å²) in [4.78, 5) is 1.95. The van der Waals surface area contributed by atoms with Crippen molar-refractivity contribution >= 4 is 17.6 Å². The number of piperidine rings is 1. The number of aromatic nitrogens is 3. The van der Waals surface area contributed by atoms with Crippen molar-refractivity contribution in [2.75, 3.05) is 24.5 Å². The van der Waals surface area contributed by atoms with Crippen LogP contribution in [0, 0.1) is 11.6 Å². The fourth-order valence-electron chi connectivity index (χ4n) is 4.85. The monoisotopic (exact) mass is 469 g/mol. The summed E-state index contributed by atoms with van der Waals surface area (Å²) in [7, 11) is 0. The lowest BCUT2D eigenvalue weighted by Gasteiger charge is -2.34. The molecule has 3 heterocycles. The zero-order chi connectivity index (χ0) is 22.6. The maximum absolute atomic E-state index is 15.1. The fraction of sp³-hybridized carbons (Fsp3) is 0.440. The highest BCUT2D eigenvalue weighted by Crippen LogP contribution is 2.40. The molecule has 2 aliphatic rings. The van der Waals surface area contributed by atoms with Gasteiger partial charge in [0.1, 0.15) is 24.3 Å². The Morgan fingerprint density at radius 1 is 0.879 bits per heavy atom. The maximum Gasteiger partial charge on any atom is 0.147 e. The number of benzene rings is 2. The van der Waals surface area contributed by atoms with E-state index in [2.05, 4.69) is 38.8 Å². The average Bonchev–Trinajstić information content (AvgIpc) is 3.28. The first-order valence-electron chi connectivity index (χ1n) is 11.7. The van der Waals surface area contributed by atoms with Gasteiger partial charge in [-0.05, 0) is 37.3 Å². The van der Waals surface area contributed by atoms with Gasteiger partial charge in [0.05, 0.1) is 5.69 Å². The highest BCUT2D eigenvalue weighted by Gasteiger charge is 2.25. The van der Waals surface area contributed by atoms with E-state index in [1.807, 2.05) is 15.5 Å². The minimum absolute atomic E-state index is 0.307. The Morgan fingerprint density at radius 2 is 1.64 bits per heavy atom. The van der Waals surface area contributed by atoms with E-state index < -0.39 is 0 Å². The van der Waals surface area contributed by atoms with Crippen molar-refractivity contribution in [2.45, 2.75) is 49.9 Å². The first-order chi connectivity index (χ1) is 16.2. The zero-order valence-electron chi connectivity index (χ0n) is 18.6. The van der Waals surface area contributed by atoms with Crippen LogP contribution < -0.4 is 4.90 Å². The Morgan fingerprint density at radius 3 is 2.39 bits per heavy atom. The first-order valence-corrected chi connectivity index (χ1v) is 12.5. The third kappa shape index (κ3) is 5.22. The van der Waals surface area contributed by atoms with Crippen molar-refractivity contribution in [1.29, 1.82) is 0 Å². The largest absolute Gasteiger partial charge is 0.369 e. The van der Waals surface area contributed by atoms with E-state index in [9.17, 15) is 0 Å². The lowest BCUT2D eigenvalue weighted by molar-refractivity contribution is 0.392. The number of rotatable bonds is 5. The summed E-state index contributed by atoms with van der Waals surface area (Å²) >= 11 is 1.77. The molecular formula is C25H29F2N5S. The topological polar surface area (TPSA) is 37.2 Å². The molecule has 0 spiro atoms. The smallest absolute Gasteiger partial charge is 0.147 e. The SMILES string of the molecule is Fc1cc(N2CCC(n3cnnc3)CC2)c(F)cc1CN1CCCC[C@@H](c2ccccc2)S1. The van der Waals surface area contributed by atoms with Gasteiger partial charge in [0.2, 0.25) is 0 Å². The highest BCUT2D eigenvalue weighted by molar-refractivity contribution is 7.97. The molecule has 2 aromatic carbocycles. The second kappa shape index (κ2) is 10.2. The summed E-state index contributed by atoms with van der Waals surface area (Å²) in [5.41, 5.74) is 2.09. The van der Waals surface area contributed by atoms with Crippen LogP contribution in [0.2, 0.25) is 0 Å². The Kier molecular flexibility index (Phi) is 6.92. The number of halogens is 2. The van der Waals surface area contributed by atoms with Gasteiger partial charge in [-0.25, -0.2) is 13.1 Å². The van der Waals surface area contributed by atoms with Crippen LogP contribution in [-0.2, 0) is 6.54 Å². The molecule has 174 valence electrons. The third-order valence-corrected chi connectivity index (χ3v) is 8.07. The van der Waals surface area contributed by atoms with Crippen LogP contribution in [0.15, 0.2) is 55.1 Å². The quantitative estimate of drug-likeness (QED) is 0.443. The van der Waals surface area contributed by atoms with E-state index in [4.69, 9.17) is 0 Å². The molecule has 0 unspecified atom stereocenters. The lowest BCUT2D eigenvalue weighted by Crippen LogP contribution is -2.35. The first kappa shape index (κ1) is 22.3. The highest BCUT2D eigenvalue weighted by atomic mass is 32.2. The molecule has 2 saturated heterocycles. The van der Waals surface area contributed by atoms with E-state index in [0.717, 1.165) is 38.6 Å². The van der Waals surface area contributed by atoms with Crippen molar-refractivity contribution in [3.63, 3.8) is 0 Å². The Balaban J connectivity index is 1.26. The summed E-state index contributed by atoms with van der Waals surface area (Å²) < 4.78 is 34.4. The van der Waals surface area contributed by atoms with Gasteiger partial charge in [0.25, 0.3) is 0 Å². The normalized spacial score (nSPS) is 20.7. The number of nitrogens with zero attached hydrogens (tertiary/aromatic N) is 5. The molecule has 3 aromatic rings. The second-order valence-corrected chi connectivity index (χ2v) is 10.2.